The van der Waals surface area contributed by atoms with E-state index in [0.29, 0.717) is 24.5 Å². The summed E-state index contributed by atoms with van der Waals surface area (Å²) < 4.78 is 27.0. The molecule has 0 saturated carbocycles. The summed E-state index contributed by atoms with van der Waals surface area (Å²) in [5.41, 5.74) is 1.89. The molecule has 5 nitrogen and oxygen atoms in total. The highest BCUT2D eigenvalue weighted by Gasteiger charge is 2.25. The number of amides is 1. The molecule has 0 aromatic heterocycles. The van der Waals surface area contributed by atoms with E-state index in [9.17, 15) is 13.2 Å². The summed E-state index contributed by atoms with van der Waals surface area (Å²) >= 11 is 0. The summed E-state index contributed by atoms with van der Waals surface area (Å²) in [6.07, 6.45) is 3.65. The van der Waals surface area contributed by atoms with E-state index in [-0.39, 0.29) is 11.8 Å². The minimum atomic E-state index is -3.42. The third kappa shape index (κ3) is 4.80. The molecule has 1 fully saturated rings. The van der Waals surface area contributed by atoms with Crippen molar-refractivity contribution >= 4 is 15.9 Å². The standard InChI is InChI=1S/C22H28N2O3S/c1-2-21(19-9-5-3-6-10-19)22(25)23-17-18-11-13-20(14-12-18)28(26,27)24-15-7-4-8-16-24/h3,5-6,9-14,21H,2,4,7-8,15-17H2,1H3,(H,23,25). The third-order valence-corrected chi connectivity index (χ3v) is 7.18. The van der Waals surface area contributed by atoms with Gasteiger partial charge in [0.15, 0.2) is 0 Å². The molecule has 2 aromatic rings. The lowest BCUT2D eigenvalue weighted by Crippen LogP contribution is -2.35. The number of hydrogen-bond donors (Lipinski definition) is 1. The number of benzene rings is 2. The number of nitrogens with zero attached hydrogens (tertiary/aromatic N) is 1. The van der Waals surface area contributed by atoms with Gasteiger partial charge in [-0.15, -0.1) is 0 Å². The maximum absolute atomic E-state index is 12.7. The number of carbonyl (C=O) groups excluding carboxylic acids is 1. The van der Waals surface area contributed by atoms with Gasteiger partial charge in [-0.25, -0.2) is 8.42 Å². The number of hydrogen-bond acceptors (Lipinski definition) is 3. The first kappa shape index (κ1) is 20.6. The molecule has 6 heteroatoms. The number of sulfonamides is 1. The van der Waals surface area contributed by atoms with Gasteiger partial charge in [-0.1, -0.05) is 55.8 Å². The van der Waals surface area contributed by atoms with Crippen LogP contribution in [0.4, 0.5) is 0 Å². The fraction of sp³-hybridized carbons (Fsp3) is 0.409. The largest absolute Gasteiger partial charge is 0.351 e. The Morgan fingerprint density at radius 1 is 1.00 bits per heavy atom. The van der Waals surface area contributed by atoms with Crippen LogP contribution in [-0.2, 0) is 21.4 Å². The Morgan fingerprint density at radius 3 is 2.25 bits per heavy atom. The maximum Gasteiger partial charge on any atom is 0.243 e. The van der Waals surface area contributed by atoms with Crippen molar-refractivity contribution in [2.75, 3.05) is 13.1 Å². The maximum atomic E-state index is 12.7. The van der Waals surface area contributed by atoms with Gasteiger partial charge in [-0.05, 0) is 42.5 Å². The van der Waals surface area contributed by atoms with Gasteiger partial charge in [0.05, 0.1) is 10.8 Å². The fourth-order valence-corrected chi connectivity index (χ4v) is 5.12. The van der Waals surface area contributed by atoms with Gasteiger partial charge in [0.25, 0.3) is 0 Å². The predicted octanol–water partition coefficient (Wildman–Crippen LogP) is 3.67. The Balaban J connectivity index is 1.62. The average molecular weight is 401 g/mol. The molecule has 0 bridgehead atoms. The van der Waals surface area contributed by atoms with Crippen molar-refractivity contribution in [3.63, 3.8) is 0 Å². The van der Waals surface area contributed by atoms with Gasteiger partial charge in [-0.3, -0.25) is 4.79 Å². The molecule has 1 aliphatic rings. The minimum absolute atomic E-state index is 0.0151. The highest BCUT2D eigenvalue weighted by Crippen LogP contribution is 2.22. The van der Waals surface area contributed by atoms with Crippen LogP contribution in [0, 0.1) is 0 Å². The molecule has 0 spiro atoms. The van der Waals surface area contributed by atoms with Crippen LogP contribution in [0.5, 0.6) is 0 Å². The molecule has 1 heterocycles. The summed E-state index contributed by atoms with van der Waals surface area (Å²) in [6, 6.07) is 16.6. The second kappa shape index (κ2) is 9.34. The number of carbonyl (C=O) groups is 1. The highest BCUT2D eigenvalue weighted by molar-refractivity contribution is 7.89. The Bertz CT molecular complexity index is 874. The topological polar surface area (TPSA) is 66.5 Å². The lowest BCUT2D eigenvalue weighted by molar-refractivity contribution is -0.122. The van der Waals surface area contributed by atoms with Crippen molar-refractivity contribution in [1.82, 2.24) is 9.62 Å². The minimum Gasteiger partial charge on any atom is -0.351 e. The summed E-state index contributed by atoms with van der Waals surface area (Å²) in [6.45, 7) is 3.57. The fourth-order valence-electron chi connectivity index (χ4n) is 3.60. The van der Waals surface area contributed by atoms with Crippen LogP contribution in [0.25, 0.3) is 0 Å². The number of piperidine rings is 1. The monoisotopic (exact) mass is 400 g/mol. The van der Waals surface area contributed by atoms with E-state index in [2.05, 4.69) is 5.32 Å². The summed E-state index contributed by atoms with van der Waals surface area (Å²) in [4.78, 5) is 12.9. The molecule has 3 rings (SSSR count). The highest BCUT2D eigenvalue weighted by atomic mass is 32.2. The van der Waals surface area contributed by atoms with Crippen LogP contribution in [0.2, 0.25) is 0 Å². The molecular weight excluding hydrogens is 372 g/mol. The van der Waals surface area contributed by atoms with Crippen LogP contribution in [-0.4, -0.2) is 31.7 Å². The van der Waals surface area contributed by atoms with Crippen molar-refractivity contribution in [1.29, 1.82) is 0 Å². The van der Waals surface area contributed by atoms with E-state index in [4.69, 9.17) is 0 Å². The van der Waals surface area contributed by atoms with Gasteiger partial charge in [0.1, 0.15) is 0 Å². The van der Waals surface area contributed by atoms with Crippen molar-refractivity contribution in [3.8, 4) is 0 Å². The summed E-state index contributed by atoms with van der Waals surface area (Å²) in [7, 11) is -3.42. The Kier molecular flexibility index (Phi) is 6.86. The molecule has 1 amide bonds. The quantitative estimate of drug-likeness (QED) is 0.771. The third-order valence-electron chi connectivity index (χ3n) is 5.27. The van der Waals surface area contributed by atoms with Gasteiger partial charge in [0.2, 0.25) is 15.9 Å². The Hall–Kier alpha value is -2.18. The predicted molar refractivity (Wildman–Crippen MR) is 110 cm³/mol. The van der Waals surface area contributed by atoms with Crippen LogP contribution in [0.15, 0.2) is 59.5 Å². The molecular formula is C22H28N2O3S. The molecule has 2 aromatic carbocycles. The molecule has 28 heavy (non-hydrogen) atoms. The molecule has 0 aliphatic carbocycles. The van der Waals surface area contributed by atoms with Crippen molar-refractivity contribution < 1.29 is 13.2 Å². The molecule has 150 valence electrons. The van der Waals surface area contributed by atoms with Crippen LogP contribution < -0.4 is 5.32 Å². The lowest BCUT2D eigenvalue weighted by atomic mass is 9.95. The van der Waals surface area contributed by atoms with Gasteiger partial charge in [-0.2, -0.15) is 4.31 Å². The Morgan fingerprint density at radius 2 is 1.64 bits per heavy atom. The normalized spacial score (nSPS) is 16.5. The second-order valence-electron chi connectivity index (χ2n) is 7.20. The first-order valence-electron chi connectivity index (χ1n) is 9.94. The molecule has 1 unspecified atom stereocenters. The van der Waals surface area contributed by atoms with Crippen LogP contribution >= 0.6 is 0 Å². The lowest BCUT2D eigenvalue weighted by Gasteiger charge is -2.25. The summed E-state index contributed by atoms with van der Waals surface area (Å²) in [5, 5.41) is 2.97. The van der Waals surface area contributed by atoms with Crippen molar-refractivity contribution in [3.05, 3.63) is 65.7 Å². The van der Waals surface area contributed by atoms with Crippen molar-refractivity contribution in [2.45, 2.75) is 50.0 Å². The van der Waals surface area contributed by atoms with E-state index >= 15 is 0 Å². The van der Waals surface area contributed by atoms with Gasteiger partial charge in [0, 0.05) is 19.6 Å². The molecule has 1 saturated heterocycles. The zero-order valence-electron chi connectivity index (χ0n) is 16.3. The zero-order valence-corrected chi connectivity index (χ0v) is 17.1. The van der Waals surface area contributed by atoms with E-state index in [1.807, 2.05) is 37.3 Å². The van der Waals surface area contributed by atoms with Crippen molar-refractivity contribution in [2.24, 2.45) is 0 Å². The SMILES string of the molecule is CCC(C(=O)NCc1ccc(S(=O)(=O)N2CCCCC2)cc1)c1ccccc1. The number of nitrogens with one attached hydrogen (secondary N) is 1. The van der Waals surface area contributed by atoms with Crippen LogP contribution in [0.1, 0.15) is 49.7 Å². The first-order valence-corrected chi connectivity index (χ1v) is 11.4. The van der Waals surface area contributed by atoms with Gasteiger partial charge >= 0.3 is 0 Å². The van der Waals surface area contributed by atoms with E-state index < -0.39 is 10.0 Å². The summed E-state index contributed by atoms with van der Waals surface area (Å²) in [5.74, 6) is -0.196. The number of rotatable bonds is 7. The Labute approximate surface area is 167 Å². The second-order valence-corrected chi connectivity index (χ2v) is 9.14. The zero-order chi connectivity index (χ0) is 20.0. The molecule has 1 N–H and O–H groups in total. The van der Waals surface area contributed by atoms with Gasteiger partial charge < -0.3 is 5.32 Å². The van der Waals surface area contributed by atoms with E-state index in [1.54, 1.807) is 28.6 Å². The smallest absolute Gasteiger partial charge is 0.243 e. The average Bonchev–Trinajstić information content (AvgIpc) is 2.74. The van der Waals surface area contributed by atoms with E-state index in [1.165, 1.54) is 0 Å². The molecule has 1 atom stereocenters. The molecule has 0 radical (unpaired) electrons. The van der Waals surface area contributed by atoms with E-state index in [0.717, 1.165) is 36.8 Å². The van der Waals surface area contributed by atoms with Crippen LogP contribution in [0.3, 0.4) is 0 Å². The molecule has 1 aliphatic heterocycles. The first-order chi connectivity index (χ1) is 13.5.